The van der Waals surface area contributed by atoms with E-state index in [0.29, 0.717) is 13.2 Å². The number of hydrogen-bond donors (Lipinski definition) is 2. The Morgan fingerprint density at radius 3 is 2.72 bits per heavy atom. The normalized spacial score (nSPS) is 15.6. The van der Waals surface area contributed by atoms with Gasteiger partial charge in [0, 0.05) is 64.7 Å². The molecule has 25 heavy (non-hydrogen) atoms. The van der Waals surface area contributed by atoms with Crippen LogP contribution in [0.1, 0.15) is 12.5 Å². The van der Waals surface area contributed by atoms with Gasteiger partial charge in [-0.2, -0.15) is 0 Å². The number of ether oxygens (including phenoxy) is 1. The largest absolute Gasteiger partial charge is 0.380 e. The van der Waals surface area contributed by atoms with Crippen molar-refractivity contribution in [3.63, 3.8) is 0 Å². The number of hydrogen-bond acceptors (Lipinski definition) is 5. The lowest BCUT2D eigenvalue weighted by Gasteiger charge is -2.34. The highest BCUT2D eigenvalue weighted by Crippen LogP contribution is 2.18. The van der Waals surface area contributed by atoms with Crippen molar-refractivity contribution < 1.29 is 4.74 Å². The Kier molecular flexibility index (Phi) is 10.7. The first-order chi connectivity index (χ1) is 11.7. The molecule has 0 saturated carbocycles. The molecule has 1 saturated heterocycles. The number of likely N-dealkylation sites (N-methyl/N-ethyl adjacent to an activating group) is 1. The third kappa shape index (κ3) is 7.33. The fourth-order valence-electron chi connectivity index (χ4n) is 2.66. The first-order valence-corrected chi connectivity index (χ1v) is 8.64. The molecule has 0 aromatic carbocycles. The van der Waals surface area contributed by atoms with Crippen LogP contribution in [0.4, 0.5) is 5.82 Å². The van der Waals surface area contributed by atoms with Gasteiger partial charge in [-0.05, 0) is 20.0 Å². The van der Waals surface area contributed by atoms with Gasteiger partial charge in [-0.15, -0.1) is 24.0 Å². The Bertz CT molecular complexity index is 520. The second-order valence-electron chi connectivity index (χ2n) is 5.83. The van der Waals surface area contributed by atoms with Crippen LogP contribution in [0.2, 0.25) is 0 Å². The van der Waals surface area contributed by atoms with Crippen LogP contribution < -0.4 is 15.5 Å². The van der Waals surface area contributed by atoms with Gasteiger partial charge >= 0.3 is 0 Å². The van der Waals surface area contributed by atoms with Crippen LogP contribution in [-0.2, 0) is 11.3 Å². The maximum absolute atomic E-state index is 5.33. The van der Waals surface area contributed by atoms with Gasteiger partial charge in [0.25, 0.3) is 0 Å². The first kappa shape index (κ1) is 21.9. The average molecular weight is 462 g/mol. The Morgan fingerprint density at radius 2 is 2.04 bits per heavy atom. The van der Waals surface area contributed by atoms with E-state index in [1.165, 1.54) is 5.56 Å². The van der Waals surface area contributed by atoms with Crippen molar-refractivity contribution in [2.75, 3.05) is 64.9 Å². The Labute approximate surface area is 168 Å². The molecule has 0 atom stereocenters. The van der Waals surface area contributed by atoms with Crippen molar-refractivity contribution in [2.45, 2.75) is 13.5 Å². The highest BCUT2D eigenvalue weighted by molar-refractivity contribution is 14.0. The van der Waals surface area contributed by atoms with Gasteiger partial charge in [0.2, 0.25) is 0 Å². The zero-order valence-electron chi connectivity index (χ0n) is 15.5. The molecule has 0 aliphatic carbocycles. The molecule has 1 fully saturated rings. The van der Waals surface area contributed by atoms with Gasteiger partial charge in [-0.1, -0.05) is 6.07 Å². The predicted octanol–water partition coefficient (Wildman–Crippen LogP) is 1.15. The lowest BCUT2D eigenvalue weighted by atomic mass is 10.2. The lowest BCUT2D eigenvalue weighted by molar-refractivity contribution is 0.152. The topological polar surface area (TPSA) is 65.0 Å². The molecule has 0 amide bonds. The van der Waals surface area contributed by atoms with Crippen LogP contribution >= 0.6 is 24.0 Å². The molecule has 142 valence electrons. The molecule has 2 heterocycles. The summed E-state index contributed by atoms with van der Waals surface area (Å²) in [5.41, 5.74) is 1.19. The van der Waals surface area contributed by atoms with E-state index in [-0.39, 0.29) is 24.0 Å². The summed E-state index contributed by atoms with van der Waals surface area (Å²) in [4.78, 5) is 13.6. The molecule has 0 unspecified atom stereocenters. The second-order valence-corrected chi connectivity index (χ2v) is 5.83. The quantitative estimate of drug-likeness (QED) is 0.275. The van der Waals surface area contributed by atoms with Crippen LogP contribution in [0.5, 0.6) is 0 Å². The van der Waals surface area contributed by atoms with Crippen LogP contribution in [0.15, 0.2) is 23.3 Å². The molecule has 1 aromatic rings. The van der Waals surface area contributed by atoms with Gasteiger partial charge < -0.3 is 25.2 Å². The van der Waals surface area contributed by atoms with Gasteiger partial charge in [0.1, 0.15) is 5.82 Å². The maximum Gasteiger partial charge on any atom is 0.191 e. The Balaban J connectivity index is 0.00000312. The van der Waals surface area contributed by atoms with E-state index < -0.39 is 0 Å². The van der Waals surface area contributed by atoms with Crippen molar-refractivity contribution >= 4 is 35.8 Å². The van der Waals surface area contributed by atoms with E-state index in [1.807, 2.05) is 19.2 Å². The molecular formula is C17H31IN6O. The summed E-state index contributed by atoms with van der Waals surface area (Å²) in [6, 6.07) is 4.11. The molecule has 1 aliphatic heterocycles. The molecule has 1 aromatic heterocycles. The van der Waals surface area contributed by atoms with Crippen molar-refractivity contribution in [2.24, 2.45) is 4.99 Å². The predicted molar refractivity (Wildman–Crippen MR) is 114 cm³/mol. The number of halogens is 1. The summed E-state index contributed by atoms with van der Waals surface area (Å²) in [6.45, 7) is 9.03. The lowest BCUT2D eigenvalue weighted by Crippen LogP contribution is -2.45. The summed E-state index contributed by atoms with van der Waals surface area (Å²) in [6.07, 6.45) is 1.87. The van der Waals surface area contributed by atoms with Gasteiger partial charge in [0.15, 0.2) is 5.96 Å². The van der Waals surface area contributed by atoms with E-state index in [1.54, 1.807) is 7.05 Å². The first-order valence-electron chi connectivity index (χ1n) is 8.64. The number of aliphatic imine (C=N–C) groups is 1. The summed E-state index contributed by atoms with van der Waals surface area (Å²) >= 11 is 0. The summed E-state index contributed by atoms with van der Waals surface area (Å²) < 4.78 is 5.33. The summed E-state index contributed by atoms with van der Waals surface area (Å²) in [7, 11) is 3.94. The third-order valence-corrected chi connectivity index (χ3v) is 4.08. The smallest absolute Gasteiger partial charge is 0.191 e. The molecule has 1 aliphatic rings. The van der Waals surface area contributed by atoms with Crippen molar-refractivity contribution in [3.05, 3.63) is 23.9 Å². The van der Waals surface area contributed by atoms with Crippen LogP contribution in [0, 0.1) is 0 Å². The second kappa shape index (κ2) is 12.3. The minimum Gasteiger partial charge on any atom is -0.380 e. The number of nitrogens with one attached hydrogen (secondary N) is 2. The van der Waals surface area contributed by atoms with Crippen molar-refractivity contribution in [1.82, 2.24) is 20.5 Å². The molecule has 2 rings (SSSR count). The molecule has 7 nitrogen and oxygen atoms in total. The minimum absolute atomic E-state index is 0. The number of rotatable bonds is 7. The molecule has 0 spiro atoms. The summed E-state index contributed by atoms with van der Waals surface area (Å²) in [5, 5.41) is 6.61. The highest BCUT2D eigenvalue weighted by atomic mass is 127. The average Bonchev–Trinajstić information content (AvgIpc) is 2.62. The van der Waals surface area contributed by atoms with Gasteiger partial charge in [0.05, 0.1) is 6.61 Å². The van der Waals surface area contributed by atoms with E-state index >= 15 is 0 Å². The number of guanidine groups is 1. The Hall–Kier alpha value is -1.13. The minimum atomic E-state index is 0. The zero-order valence-corrected chi connectivity index (χ0v) is 17.8. The van der Waals surface area contributed by atoms with Crippen LogP contribution in [0.3, 0.4) is 0 Å². The van der Waals surface area contributed by atoms with E-state index in [9.17, 15) is 0 Å². The van der Waals surface area contributed by atoms with E-state index in [4.69, 9.17) is 4.74 Å². The zero-order chi connectivity index (χ0) is 17.2. The van der Waals surface area contributed by atoms with E-state index in [2.05, 4.69) is 43.5 Å². The van der Waals surface area contributed by atoms with Crippen molar-refractivity contribution in [1.29, 1.82) is 0 Å². The van der Waals surface area contributed by atoms with Crippen LogP contribution in [0.25, 0.3) is 0 Å². The number of anilines is 1. The highest BCUT2D eigenvalue weighted by Gasteiger charge is 2.17. The third-order valence-electron chi connectivity index (χ3n) is 4.08. The SMILES string of the molecule is CCOCCNC(=NC)NCc1cccnc1N1CCN(C)CC1.I. The number of pyridine rings is 1. The molecule has 8 heteroatoms. The number of piperazine rings is 1. The van der Waals surface area contributed by atoms with Gasteiger partial charge in [-0.25, -0.2) is 4.98 Å². The molecule has 2 N–H and O–H groups in total. The Morgan fingerprint density at radius 1 is 1.28 bits per heavy atom. The summed E-state index contributed by atoms with van der Waals surface area (Å²) in [5.74, 6) is 1.85. The van der Waals surface area contributed by atoms with Crippen LogP contribution in [-0.4, -0.2) is 75.9 Å². The van der Waals surface area contributed by atoms with E-state index in [0.717, 1.165) is 51.1 Å². The maximum atomic E-state index is 5.33. The molecular weight excluding hydrogens is 431 g/mol. The fraction of sp³-hybridized carbons (Fsp3) is 0.647. The number of aromatic nitrogens is 1. The molecule has 0 bridgehead atoms. The fourth-order valence-corrected chi connectivity index (χ4v) is 2.66. The number of nitrogens with zero attached hydrogens (tertiary/aromatic N) is 4. The van der Waals surface area contributed by atoms with Gasteiger partial charge in [-0.3, -0.25) is 4.99 Å². The van der Waals surface area contributed by atoms with Crippen molar-refractivity contribution in [3.8, 4) is 0 Å². The molecule has 0 radical (unpaired) electrons. The standard InChI is InChI=1S/C17H30N6O.HI/c1-4-24-13-8-20-17(18-2)21-14-15-6-5-7-19-16(15)23-11-9-22(3)10-12-23;/h5-7H,4,8-14H2,1-3H3,(H2,18,20,21);1H. The monoisotopic (exact) mass is 462 g/mol.